The number of ether oxygens (including phenoxy) is 1. The van der Waals surface area contributed by atoms with Gasteiger partial charge in [0.05, 0.1) is 0 Å². The van der Waals surface area contributed by atoms with Crippen molar-refractivity contribution in [3.8, 4) is 5.75 Å². The Hall–Kier alpha value is -0.570. The number of benzene rings is 1. The molecule has 3 atom stereocenters. The van der Waals surface area contributed by atoms with E-state index < -0.39 is 0 Å². The second-order valence-electron chi connectivity index (χ2n) is 4.59. The van der Waals surface area contributed by atoms with E-state index in [1.165, 1.54) is 6.07 Å². The molecule has 1 aromatic carbocycles. The van der Waals surface area contributed by atoms with E-state index in [0.717, 1.165) is 24.2 Å². The Morgan fingerprint density at radius 3 is 2.94 bits per heavy atom. The lowest BCUT2D eigenvalue weighted by Gasteiger charge is -2.18. The number of hydrogen-bond acceptors (Lipinski definition) is 1. The zero-order valence-electron chi connectivity index (χ0n) is 9.54. The van der Waals surface area contributed by atoms with Crippen molar-refractivity contribution < 1.29 is 9.13 Å². The molecule has 1 aliphatic heterocycles. The van der Waals surface area contributed by atoms with Crippen LogP contribution >= 0.6 is 15.9 Å². The van der Waals surface area contributed by atoms with Gasteiger partial charge in [-0.3, -0.25) is 0 Å². The summed E-state index contributed by atoms with van der Waals surface area (Å²) in [7, 11) is 0. The van der Waals surface area contributed by atoms with E-state index in [1.54, 1.807) is 12.1 Å². The van der Waals surface area contributed by atoms with Crippen LogP contribution in [0.25, 0.3) is 0 Å². The molecule has 0 aromatic heterocycles. The number of hydrogen-bond donors (Lipinski definition) is 0. The minimum absolute atomic E-state index is 0.176. The van der Waals surface area contributed by atoms with Crippen LogP contribution in [-0.4, -0.2) is 10.9 Å². The zero-order valence-corrected chi connectivity index (χ0v) is 11.1. The van der Waals surface area contributed by atoms with E-state index in [4.69, 9.17) is 4.74 Å². The summed E-state index contributed by atoms with van der Waals surface area (Å²) in [6.45, 7) is 4.35. The Labute approximate surface area is 104 Å². The highest BCUT2D eigenvalue weighted by molar-refractivity contribution is 9.09. The molecule has 0 amide bonds. The van der Waals surface area contributed by atoms with Gasteiger partial charge >= 0.3 is 0 Å². The topological polar surface area (TPSA) is 9.23 Å². The molecule has 0 N–H and O–H groups in total. The first-order chi connectivity index (χ1) is 7.56. The Morgan fingerprint density at radius 2 is 2.25 bits per heavy atom. The normalized spacial score (nSPS) is 22.4. The van der Waals surface area contributed by atoms with E-state index in [-0.39, 0.29) is 11.9 Å². The molecule has 0 spiro atoms. The highest BCUT2D eigenvalue weighted by Gasteiger charge is 2.25. The Morgan fingerprint density at radius 1 is 1.50 bits per heavy atom. The molecule has 1 heterocycles. The molecule has 3 heteroatoms. The molecule has 0 saturated carbocycles. The van der Waals surface area contributed by atoms with Crippen molar-refractivity contribution in [2.45, 2.75) is 37.6 Å². The minimum Gasteiger partial charge on any atom is -0.490 e. The highest BCUT2D eigenvalue weighted by Crippen LogP contribution is 2.32. The van der Waals surface area contributed by atoms with Gasteiger partial charge in [0.25, 0.3) is 0 Å². The van der Waals surface area contributed by atoms with Crippen LogP contribution in [0.2, 0.25) is 0 Å². The van der Waals surface area contributed by atoms with Gasteiger partial charge in [-0.1, -0.05) is 29.8 Å². The van der Waals surface area contributed by atoms with Gasteiger partial charge < -0.3 is 4.74 Å². The first-order valence-electron chi connectivity index (χ1n) is 5.65. The third-order valence-electron chi connectivity index (χ3n) is 3.18. The SMILES string of the molecule is CC(Br)C(C)CC1Cc2cc(F)ccc2O1. The van der Waals surface area contributed by atoms with Gasteiger partial charge in [-0.15, -0.1) is 0 Å². The van der Waals surface area contributed by atoms with E-state index in [2.05, 4.69) is 29.8 Å². The summed E-state index contributed by atoms with van der Waals surface area (Å²) >= 11 is 3.58. The van der Waals surface area contributed by atoms with Crippen molar-refractivity contribution in [2.75, 3.05) is 0 Å². The predicted molar refractivity (Wildman–Crippen MR) is 66.7 cm³/mol. The number of alkyl halides is 1. The van der Waals surface area contributed by atoms with E-state index >= 15 is 0 Å². The van der Waals surface area contributed by atoms with E-state index in [1.807, 2.05) is 0 Å². The van der Waals surface area contributed by atoms with Crippen LogP contribution in [0, 0.1) is 11.7 Å². The van der Waals surface area contributed by atoms with Crippen molar-refractivity contribution in [3.05, 3.63) is 29.6 Å². The van der Waals surface area contributed by atoms with Crippen molar-refractivity contribution in [2.24, 2.45) is 5.92 Å². The van der Waals surface area contributed by atoms with Gasteiger partial charge in [0.2, 0.25) is 0 Å². The molecule has 16 heavy (non-hydrogen) atoms. The molecular formula is C13H16BrFO. The Balaban J connectivity index is 2.00. The molecule has 0 fully saturated rings. The fourth-order valence-electron chi connectivity index (χ4n) is 2.02. The van der Waals surface area contributed by atoms with Crippen LogP contribution in [0.15, 0.2) is 18.2 Å². The smallest absolute Gasteiger partial charge is 0.123 e. The maximum absolute atomic E-state index is 13.0. The molecule has 88 valence electrons. The van der Waals surface area contributed by atoms with Gasteiger partial charge in [0.1, 0.15) is 17.7 Å². The molecule has 0 radical (unpaired) electrons. The summed E-state index contributed by atoms with van der Waals surface area (Å²) in [5.41, 5.74) is 0.999. The first kappa shape index (κ1) is 11.9. The minimum atomic E-state index is -0.176. The molecular weight excluding hydrogens is 271 g/mol. The lowest BCUT2D eigenvalue weighted by Crippen LogP contribution is -2.20. The fourth-order valence-corrected chi connectivity index (χ4v) is 2.24. The molecule has 2 rings (SSSR count). The van der Waals surface area contributed by atoms with Crippen molar-refractivity contribution in [1.82, 2.24) is 0 Å². The monoisotopic (exact) mass is 286 g/mol. The standard InChI is InChI=1S/C13H16BrFO/c1-8(9(2)14)5-12-7-10-6-11(15)3-4-13(10)16-12/h3-4,6,8-9,12H,5,7H2,1-2H3. The summed E-state index contributed by atoms with van der Waals surface area (Å²) in [5.74, 6) is 1.23. The molecule has 0 bridgehead atoms. The first-order valence-corrected chi connectivity index (χ1v) is 6.57. The average molecular weight is 287 g/mol. The summed E-state index contributed by atoms with van der Waals surface area (Å²) in [5, 5.41) is 0. The largest absolute Gasteiger partial charge is 0.490 e. The van der Waals surface area contributed by atoms with Crippen LogP contribution < -0.4 is 4.74 Å². The van der Waals surface area contributed by atoms with Gasteiger partial charge in [-0.05, 0) is 30.5 Å². The van der Waals surface area contributed by atoms with Crippen LogP contribution in [-0.2, 0) is 6.42 Å². The summed E-state index contributed by atoms with van der Waals surface area (Å²) in [4.78, 5) is 0.483. The number of fused-ring (bicyclic) bond motifs is 1. The van der Waals surface area contributed by atoms with Gasteiger partial charge in [-0.2, -0.15) is 0 Å². The van der Waals surface area contributed by atoms with Crippen LogP contribution in [0.3, 0.4) is 0 Å². The number of halogens is 2. The molecule has 0 saturated heterocycles. The summed E-state index contributed by atoms with van der Waals surface area (Å²) in [6, 6.07) is 4.77. The maximum atomic E-state index is 13.0. The maximum Gasteiger partial charge on any atom is 0.123 e. The molecule has 1 nitrogen and oxygen atoms in total. The molecule has 1 aliphatic rings. The van der Waals surface area contributed by atoms with Crippen molar-refractivity contribution in [1.29, 1.82) is 0 Å². The summed E-state index contributed by atoms with van der Waals surface area (Å²) in [6.07, 6.45) is 2.03. The van der Waals surface area contributed by atoms with E-state index in [9.17, 15) is 4.39 Å². The highest BCUT2D eigenvalue weighted by atomic mass is 79.9. The third kappa shape index (κ3) is 2.57. The van der Waals surface area contributed by atoms with Gasteiger partial charge in [0, 0.05) is 16.8 Å². The fraction of sp³-hybridized carbons (Fsp3) is 0.538. The van der Waals surface area contributed by atoms with Crippen LogP contribution in [0.1, 0.15) is 25.8 Å². The lowest BCUT2D eigenvalue weighted by atomic mass is 9.98. The second kappa shape index (κ2) is 4.74. The van der Waals surface area contributed by atoms with Crippen LogP contribution in [0.4, 0.5) is 4.39 Å². The second-order valence-corrected chi connectivity index (χ2v) is 6.03. The Kier molecular flexibility index (Phi) is 3.53. The number of rotatable bonds is 3. The molecule has 1 aromatic rings. The lowest BCUT2D eigenvalue weighted by molar-refractivity contribution is 0.198. The Bertz CT molecular complexity index is 378. The van der Waals surface area contributed by atoms with E-state index in [0.29, 0.717) is 10.7 Å². The molecule has 0 aliphatic carbocycles. The zero-order chi connectivity index (χ0) is 11.7. The van der Waals surface area contributed by atoms with Crippen LogP contribution in [0.5, 0.6) is 5.75 Å². The van der Waals surface area contributed by atoms with Crippen molar-refractivity contribution >= 4 is 15.9 Å². The third-order valence-corrected chi connectivity index (χ3v) is 4.09. The summed E-state index contributed by atoms with van der Waals surface area (Å²) < 4.78 is 18.8. The van der Waals surface area contributed by atoms with Gasteiger partial charge in [0.15, 0.2) is 0 Å². The predicted octanol–water partition coefficient (Wildman–Crippen LogP) is 3.94. The quantitative estimate of drug-likeness (QED) is 0.765. The van der Waals surface area contributed by atoms with Crippen molar-refractivity contribution in [3.63, 3.8) is 0 Å². The van der Waals surface area contributed by atoms with Gasteiger partial charge in [-0.25, -0.2) is 4.39 Å². The average Bonchev–Trinajstić information content (AvgIpc) is 2.58. The molecule has 3 unspecified atom stereocenters.